The van der Waals surface area contributed by atoms with E-state index in [4.69, 9.17) is 11.6 Å². The number of pyridine rings is 1. The number of nitrogens with one attached hydrogen (secondary N) is 2. The third-order valence-corrected chi connectivity index (χ3v) is 2.31. The molecular formula is C10H9ClN2O. The Labute approximate surface area is 85.7 Å². The van der Waals surface area contributed by atoms with Crippen LogP contribution in [0, 0.1) is 0 Å². The van der Waals surface area contributed by atoms with Crippen LogP contribution in [0.4, 0.5) is 5.82 Å². The van der Waals surface area contributed by atoms with E-state index in [9.17, 15) is 4.79 Å². The normalized spacial score (nSPS) is 10.4. The highest BCUT2D eigenvalue weighted by Crippen LogP contribution is 2.17. The van der Waals surface area contributed by atoms with Crippen molar-refractivity contribution >= 4 is 28.2 Å². The first-order valence-electron chi connectivity index (χ1n) is 4.21. The fraction of sp³-hybridized carbons (Fsp3) is 0.100. The molecule has 3 nitrogen and oxygen atoms in total. The number of aromatic nitrogens is 1. The Morgan fingerprint density at radius 2 is 2.14 bits per heavy atom. The van der Waals surface area contributed by atoms with E-state index in [1.807, 2.05) is 6.07 Å². The van der Waals surface area contributed by atoms with Crippen LogP contribution >= 0.6 is 11.6 Å². The van der Waals surface area contributed by atoms with Gasteiger partial charge in [-0.05, 0) is 29.7 Å². The number of hydrogen-bond acceptors (Lipinski definition) is 2. The summed E-state index contributed by atoms with van der Waals surface area (Å²) in [5.41, 5.74) is -0.108. The Morgan fingerprint density at radius 1 is 1.36 bits per heavy atom. The number of H-pyrrole nitrogens is 1. The lowest BCUT2D eigenvalue weighted by Crippen LogP contribution is -2.08. The molecule has 2 rings (SSSR count). The summed E-state index contributed by atoms with van der Waals surface area (Å²) in [4.78, 5) is 14.2. The van der Waals surface area contributed by atoms with Crippen molar-refractivity contribution in [1.29, 1.82) is 0 Å². The molecular weight excluding hydrogens is 200 g/mol. The Morgan fingerprint density at radius 3 is 2.86 bits per heavy atom. The van der Waals surface area contributed by atoms with Crippen LogP contribution in [0.25, 0.3) is 10.8 Å². The number of benzene rings is 1. The first kappa shape index (κ1) is 9.09. The number of halogens is 1. The van der Waals surface area contributed by atoms with Gasteiger partial charge in [0, 0.05) is 17.5 Å². The van der Waals surface area contributed by atoms with Gasteiger partial charge in [0.2, 0.25) is 0 Å². The van der Waals surface area contributed by atoms with Crippen LogP contribution in [0.2, 0.25) is 5.02 Å². The molecule has 1 aromatic carbocycles. The van der Waals surface area contributed by atoms with E-state index in [1.54, 1.807) is 25.2 Å². The molecule has 1 heterocycles. The van der Waals surface area contributed by atoms with Gasteiger partial charge in [-0.25, -0.2) is 0 Å². The molecule has 0 amide bonds. The number of hydrogen-bond donors (Lipinski definition) is 2. The second-order valence-corrected chi connectivity index (χ2v) is 3.43. The van der Waals surface area contributed by atoms with E-state index < -0.39 is 0 Å². The first-order chi connectivity index (χ1) is 6.70. The van der Waals surface area contributed by atoms with Crippen LogP contribution in [0.5, 0.6) is 0 Å². The molecule has 0 spiro atoms. The zero-order valence-electron chi connectivity index (χ0n) is 7.60. The zero-order chi connectivity index (χ0) is 10.1. The Bertz CT molecular complexity index is 533. The van der Waals surface area contributed by atoms with Gasteiger partial charge < -0.3 is 10.3 Å². The third kappa shape index (κ3) is 1.46. The van der Waals surface area contributed by atoms with Crippen LogP contribution in [0.1, 0.15) is 0 Å². The highest BCUT2D eigenvalue weighted by Gasteiger charge is 2.00. The Kier molecular flexibility index (Phi) is 2.17. The molecule has 0 saturated carbocycles. The van der Waals surface area contributed by atoms with Gasteiger partial charge in [0.25, 0.3) is 5.56 Å². The van der Waals surface area contributed by atoms with Gasteiger partial charge in [-0.3, -0.25) is 4.79 Å². The monoisotopic (exact) mass is 208 g/mol. The van der Waals surface area contributed by atoms with Crippen LogP contribution in [-0.2, 0) is 0 Å². The first-order valence-corrected chi connectivity index (χ1v) is 4.59. The quantitative estimate of drug-likeness (QED) is 0.755. The Hall–Kier alpha value is -1.48. The number of anilines is 1. The molecule has 0 aliphatic rings. The topological polar surface area (TPSA) is 44.9 Å². The molecule has 0 aliphatic carbocycles. The molecule has 0 radical (unpaired) electrons. The summed E-state index contributed by atoms with van der Waals surface area (Å²) in [5.74, 6) is 0.685. The summed E-state index contributed by atoms with van der Waals surface area (Å²) in [6, 6.07) is 7.05. The maximum Gasteiger partial charge on any atom is 0.257 e. The molecule has 0 fully saturated rings. The lowest BCUT2D eigenvalue weighted by Gasteiger charge is -2.02. The van der Waals surface area contributed by atoms with E-state index in [0.717, 1.165) is 5.39 Å². The number of rotatable bonds is 1. The molecule has 0 saturated heterocycles. The van der Waals surface area contributed by atoms with Gasteiger partial charge in [0.1, 0.15) is 5.82 Å². The molecule has 0 bridgehead atoms. The molecule has 0 atom stereocenters. The lowest BCUT2D eigenvalue weighted by atomic mass is 10.2. The summed E-state index contributed by atoms with van der Waals surface area (Å²) >= 11 is 5.83. The van der Waals surface area contributed by atoms with E-state index in [1.165, 1.54) is 0 Å². The molecule has 2 N–H and O–H groups in total. The van der Waals surface area contributed by atoms with Crippen molar-refractivity contribution in [2.24, 2.45) is 0 Å². The summed E-state index contributed by atoms with van der Waals surface area (Å²) < 4.78 is 0. The molecule has 0 unspecified atom stereocenters. The van der Waals surface area contributed by atoms with Crippen molar-refractivity contribution in [3.05, 3.63) is 39.6 Å². The predicted molar refractivity (Wildman–Crippen MR) is 59.1 cm³/mol. The van der Waals surface area contributed by atoms with E-state index in [0.29, 0.717) is 16.2 Å². The van der Waals surface area contributed by atoms with E-state index >= 15 is 0 Å². The van der Waals surface area contributed by atoms with E-state index in [-0.39, 0.29) is 5.56 Å². The lowest BCUT2D eigenvalue weighted by molar-refractivity contribution is 1.25. The van der Waals surface area contributed by atoms with Crippen molar-refractivity contribution in [3.8, 4) is 0 Å². The highest BCUT2D eigenvalue weighted by molar-refractivity contribution is 6.31. The zero-order valence-corrected chi connectivity index (χ0v) is 8.35. The fourth-order valence-corrected chi connectivity index (χ4v) is 1.56. The van der Waals surface area contributed by atoms with Crippen LogP contribution < -0.4 is 10.9 Å². The number of aromatic amines is 1. The number of fused-ring (bicyclic) bond motifs is 1. The Balaban J connectivity index is 2.84. The molecule has 0 aliphatic heterocycles. The van der Waals surface area contributed by atoms with Crippen LogP contribution in [-0.4, -0.2) is 12.0 Å². The summed E-state index contributed by atoms with van der Waals surface area (Å²) in [6.45, 7) is 0. The molecule has 14 heavy (non-hydrogen) atoms. The van der Waals surface area contributed by atoms with Gasteiger partial charge in [-0.15, -0.1) is 0 Å². The third-order valence-electron chi connectivity index (χ3n) is 2.08. The minimum Gasteiger partial charge on any atom is -0.375 e. The van der Waals surface area contributed by atoms with E-state index in [2.05, 4.69) is 10.3 Å². The molecule has 1 aromatic heterocycles. The summed E-state index contributed by atoms with van der Waals surface area (Å²) in [5, 5.41) is 5.00. The van der Waals surface area contributed by atoms with Gasteiger partial charge in [0.15, 0.2) is 0 Å². The summed E-state index contributed by atoms with van der Waals surface area (Å²) in [6.07, 6.45) is 0. The average molecular weight is 209 g/mol. The molecule has 4 heteroatoms. The minimum absolute atomic E-state index is 0.108. The maximum atomic E-state index is 11.5. The van der Waals surface area contributed by atoms with Gasteiger partial charge in [0.05, 0.1) is 0 Å². The van der Waals surface area contributed by atoms with Gasteiger partial charge >= 0.3 is 0 Å². The second kappa shape index (κ2) is 3.35. The van der Waals surface area contributed by atoms with Crippen molar-refractivity contribution in [2.75, 3.05) is 12.4 Å². The van der Waals surface area contributed by atoms with Crippen molar-refractivity contribution in [1.82, 2.24) is 4.98 Å². The summed E-state index contributed by atoms with van der Waals surface area (Å²) in [7, 11) is 1.75. The van der Waals surface area contributed by atoms with Crippen LogP contribution in [0.15, 0.2) is 29.1 Å². The van der Waals surface area contributed by atoms with Crippen molar-refractivity contribution < 1.29 is 0 Å². The highest BCUT2D eigenvalue weighted by atomic mass is 35.5. The molecule has 72 valence electrons. The van der Waals surface area contributed by atoms with Crippen LogP contribution in [0.3, 0.4) is 0 Å². The van der Waals surface area contributed by atoms with Crippen molar-refractivity contribution in [2.45, 2.75) is 0 Å². The average Bonchev–Trinajstić information content (AvgIpc) is 2.16. The van der Waals surface area contributed by atoms with Gasteiger partial charge in [-0.2, -0.15) is 0 Å². The smallest absolute Gasteiger partial charge is 0.257 e. The minimum atomic E-state index is -0.108. The SMILES string of the molecule is CNc1cc2cc(Cl)ccc2c(=O)[nH]1. The molecule has 2 aromatic rings. The van der Waals surface area contributed by atoms with Crippen molar-refractivity contribution in [3.63, 3.8) is 0 Å². The van der Waals surface area contributed by atoms with Gasteiger partial charge in [-0.1, -0.05) is 11.6 Å². The fourth-order valence-electron chi connectivity index (χ4n) is 1.38. The largest absolute Gasteiger partial charge is 0.375 e. The predicted octanol–water partition coefficient (Wildman–Crippen LogP) is 2.22. The maximum absolute atomic E-state index is 11.5. The second-order valence-electron chi connectivity index (χ2n) is 2.99. The standard InChI is InChI=1S/C10H9ClN2O/c1-12-9-5-6-4-7(11)2-3-8(6)10(14)13-9/h2-5H,1H3,(H2,12,13,14).